The highest BCUT2D eigenvalue weighted by Gasteiger charge is 1.95. The van der Waals surface area contributed by atoms with Crippen LogP contribution in [0.2, 0.25) is 0 Å². The molecule has 2 aromatic carbocycles. The molecule has 0 spiro atoms. The van der Waals surface area contributed by atoms with Crippen LogP contribution in [0.1, 0.15) is 100 Å². The summed E-state index contributed by atoms with van der Waals surface area (Å²) in [6.45, 7) is 4.53. The van der Waals surface area contributed by atoms with E-state index in [0.29, 0.717) is 0 Å². The van der Waals surface area contributed by atoms with Crippen LogP contribution in [-0.4, -0.2) is 0 Å². The molecule has 0 heterocycles. The molecule has 2 rings (SSSR count). The summed E-state index contributed by atoms with van der Waals surface area (Å²) in [5.41, 5.74) is 5.30. The van der Waals surface area contributed by atoms with Gasteiger partial charge >= 0.3 is 0 Å². The molecule has 0 atom stereocenters. The average Bonchev–Trinajstić information content (AvgIpc) is 2.83. The Morgan fingerprint density at radius 2 is 0.875 bits per heavy atom. The molecule has 0 bridgehead atoms. The predicted molar refractivity (Wildman–Crippen MR) is 144 cm³/mol. The molecule has 0 heteroatoms. The molecule has 0 amide bonds. The predicted octanol–water partition coefficient (Wildman–Crippen LogP) is 9.44. The van der Waals surface area contributed by atoms with Gasteiger partial charge in [-0.3, -0.25) is 0 Å². The van der Waals surface area contributed by atoms with Gasteiger partial charge in [0.05, 0.1) is 0 Å². The first-order valence-corrected chi connectivity index (χ1v) is 12.8. The van der Waals surface area contributed by atoms with Gasteiger partial charge in [-0.05, 0) is 72.2 Å². The van der Waals surface area contributed by atoms with Crippen molar-refractivity contribution in [3.8, 4) is 11.8 Å². The summed E-state index contributed by atoms with van der Waals surface area (Å²) >= 11 is 0. The van der Waals surface area contributed by atoms with E-state index in [1.807, 2.05) is 12.2 Å². The van der Waals surface area contributed by atoms with Gasteiger partial charge in [0.25, 0.3) is 0 Å². The molecule has 170 valence electrons. The van der Waals surface area contributed by atoms with Crippen molar-refractivity contribution in [3.63, 3.8) is 0 Å². The monoisotopic (exact) mass is 426 g/mol. The molecule has 0 saturated heterocycles. The van der Waals surface area contributed by atoms with Crippen molar-refractivity contribution >= 4 is 12.2 Å². The lowest BCUT2D eigenvalue weighted by molar-refractivity contribution is 0.632. The standard InChI is InChI=1S/C32H42/c1-3-5-7-9-13-17-29-21-25-31(26-22-29)19-15-11-12-16-20-32-27-23-30(24-28-32)18-14-10-8-6-4-2/h15-16,19-28H,3-10,13-14,17-18H2,1-2H3. The summed E-state index contributed by atoms with van der Waals surface area (Å²) in [7, 11) is 0. The average molecular weight is 427 g/mol. The third kappa shape index (κ3) is 11.8. The van der Waals surface area contributed by atoms with Gasteiger partial charge in [0, 0.05) is 0 Å². The summed E-state index contributed by atoms with van der Waals surface area (Å²) in [5, 5.41) is 0. The number of unbranched alkanes of at least 4 members (excludes halogenated alkanes) is 8. The van der Waals surface area contributed by atoms with E-state index < -0.39 is 0 Å². The first-order valence-electron chi connectivity index (χ1n) is 12.8. The van der Waals surface area contributed by atoms with Crippen molar-refractivity contribution in [3.05, 3.63) is 82.9 Å². The zero-order valence-corrected chi connectivity index (χ0v) is 20.4. The van der Waals surface area contributed by atoms with Gasteiger partial charge in [0.1, 0.15) is 0 Å². The van der Waals surface area contributed by atoms with Gasteiger partial charge in [0.2, 0.25) is 0 Å². The van der Waals surface area contributed by atoms with Crippen LogP contribution in [0.25, 0.3) is 12.2 Å². The first kappa shape index (κ1) is 25.7. The highest BCUT2D eigenvalue weighted by molar-refractivity contribution is 5.56. The number of aryl methyl sites for hydroxylation is 2. The van der Waals surface area contributed by atoms with Gasteiger partial charge in [-0.15, -0.1) is 0 Å². The maximum absolute atomic E-state index is 3.11. The molecular weight excluding hydrogens is 384 g/mol. The van der Waals surface area contributed by atoms with Gasteiger partial charge in [-0.1, -0.05) is 126 Å². The maximum Gasteiger partial charge on any atom is -0.0109 e. The van der Waals surface area contributed by atoms with E-state index in [1.54, 1.807) is 0 Å². The van der Waals surface area contributed by atoms with E-state index in [4.69, 9.17) is 0 Å². The second-order valence-electron chi connectivity index (χ2n) is 8.77. The fourth-order valence-corrected chi connectivity index (χ4v) is 3.83. The molecule has 2 aromatic rings. The number of hydrogen-bond donors (Lipinski definition) is 0. The van der Waals surface area contributed by atoms with E-state index in [-0.39, 0.29) is 0 Å². The molecule has 0 N–H and O–H groups in total. The van der Waals surface area contributed by atoms with Crippen LogP contribution in [0.3, 0.4) is 0 Å². The van der Waals surface area contributed by atoms with Crippen molar-refractivity contribution < 1.29 is 0 Å². The van der Waals surface area contributed by atoms with E-state index in [1.165, 1.54) is 99.3 Å². The van der Waals surface area contributed by atoms with Crippen LogP contribution >= 0.6 is 0 Å². The van der Waals surface area contributed by atoms with Crippen LogP contribution in [0.5, 0.6) is 0 Å². The maximum atomic E-state index is 3.11. The topological polar surface area (TPSA) is 0 Å². The first-order chi connectivity index (χ1) is 15.8. The summed E-state index contributed by atoms with van der Waals surface area (Å²) in [6, 6.07) is 17.8. The van der Waals surface area contributed by atoms with Crippen LogP contribution in [-0.2, 0) is 12.8 Å². The Kier molecular flexibility index (Phi) is 13.7. The van der Waals surface area contributed by atoms with E-state index in [0.717, 1.165) is 0 Å². The third-order valence-electron chi connectivity index (χ3n) is 5.90. The molecule has 0 aliphatic rings. The summed E-state index contributed by atoms with van der Waals surface area (Å²) in [4.78, 5) is 0. The Labute approximate surface area is 197 Å². The lowest BCUT2D eigenvalue weighted by Crippen LogP contribution is -1.86. The molecule has 0 aliphatic heterocycles. The Hall–Kier alpha value is -2.52. The normalized spacial score (nSPS) is 11.2. The van der Waals surface area contributed by atoms with Crippen molar-refractivity contribution in [2.75, 3.05) is 0 Å². The van der Waals surface area contributed by atoms with E-state index in [9.17, 15) is 0 Å². The fourth-order valence-electron chi connectivity index (χ4n) is 3.83. The minimum atomic E-state index is 1.19. The van der Waals surface area contributed by atoms with Crippen LogP contribution in [0, 0.1) is 11.8 Å². The second-order valence-corrected chi connectivity index (χ2v) is 8.77. The molecule has 0 radical (unpaired) electrons. The van der Waals surface area contributed by atoms with Gasteiger partial charge in [0.15, 0.2) is 0 Å². The third-order valence-corrected chi connectivity index (χ3v) is 5.90. The number of benzene rings is 2. The zero-order chi connectivity index (χ0) is 22.7. The molecule has 0 aliphatic carbocycles. The molecular formula is C32H42. The SMILES string of the molecule is CCCCCCCc1ccc(C=CC#CC=Cc2ccc(CCCCCCC)cc2)cc1. The lowest BCUT2D eigenvalue weighted by atomic mass is 10.0. The van der Waals surface area contributed by atoms with Crippen molar-refractivity contribution in [2.45, 2.75) is 90.9 Å². The number of hydrogen-bond acceptors (Lipinski definition) is 0. The van der Waals surface area contributed by atoms with Gasteiger partial charge < -0.3 is 0 Å². The van der Waals surface area contributed by atoms with Gasteiger partial charge in [-0.2, -0.15) is 0 Å². The van der Waals surface area contributed by atoms with Crippen molar-refractivity contribution in [2.24, 2.45) is 0 Å². The molecule has 0 fully saturated rings. The summed E-state index contributed by atoms with van der Waals surface area (Å²) in [5.74, 6) is 6.22. The van der Waals surface area contributed by atoms with Crippen molar-refractivity contribution in [1.29, 1.82) is 0 Å². The Balaban J connectivity index is 1.69. The van der Waals surface area contributed by atoms with E-state index in [2.05, 4.69) is 86.4 Å². The Bertz CT molecular complexity index is 766. The fraction of sp³-hybridized carbons (Fsp3) is 0.438. The van der Waals surface area contributed by atoms with Gasteiger partial charge in [-0.25, -0.2) is 0 Å². The van der Waals surface area contributed by atoms with E-state index >= 15 is 0 Å². The molecule has 32 heavy (non-hydrogen) atoms. The van der Waals surface area contributed by atoms with Crippen LogP contribution < -0.4 is 0 Å². The molecule has 0 aromatic heterocycles. The molecule has 0 unspecified atom stereocenters. The smallest absolute Gasteiger partial charge is 0.0109 e. The number of allylic oxidation sites excluding steroid dienone is 2. The molecule has 0 saturated carbocycles. The Morgan fingerprint density at radius 1 is 0.500 bits per heavy atom. The van der Waals surface area contributed by atoms with Crippen LogP contribution in [0.4, 0.5) is 0 Å². The minimum Gasteiger partial charge on any atom is -0.0702 e. The molecule has 0 nitrogen and oxygen atoms in total. The quantitative estimate of drug-likeness (QED) is 0.208. The lowest BCUT2D eigenvalue weighted by Gasteiger charge is -2.02. The second kappa shape index (κ2) is 17.1. The summed E-state index contributed by atoms with van der Waals surface area (Å²) < 4.78 is 0. The van der Waals surface area contributed by atoms with Crippen LogP contribution in [0.15, 0.2) is 60.7 Å². The Morgan fingerprint density at radius 3 is 1.25 bits per heavy atom. The largest absolute Gasteiger partial charge is 0.0702 e. The highest BCUT2D eigenvalue weighted by atomic mass is 14.0. The highest BCUT2D eigenvalue weighted by Crippen LogP contribution is 2.12. The van der Waals surface area contributed by atoms with Crippen molar-refractivity contribution in [1.82, 2.24) is 0 Å². The minimum absolute atomic E-state index is 1.19. The zero-order valence-electron chi connectivity index (χ0n) is 20.4. The number of rotatable bonds is 14. The summed E-state index contributed by atoms with van der Waals surface area (Å²) in [6.07, 6.45) is 23.8.